The number of aromatic nitrogens is 4. The summed E-state index contributed by atoms with van der Waals surface area (Å²) in [4.78, 5) is 34.9. The topological polar surface area (TPSA) is 90.2 Å². The van der Waals surface area contributed by atoms with E-state index in [4.69, 9.17) is 21.3 Å². The third-order valence-electron chi connectivity index (χ3n) is 6.29. The number of likely N-dealkylation sites (tertiary alicyclic amines) is 1. The zero-order valence-electron chi connectivity index (χ0n) is 19.7. The van der Waals surface area contributed by atoms with Gasteiger partial charge in [-0.3, -0.25) is 24.2 Å². The van der Waals surface area contributed by atoms with Crippen LogP contribution in [-0.2, 0) is 29.8 Å². The molecule has 1 aromatic carbocycles. The molecule has 1 atom stereocenters. The van der Waals surface area contributed by atoms with Gasteiger partial charge in [-0.05, 0) is 30.7 Å². The quantitative estimate of drug-likeness (QED) is 0.371. The number of carbonyl (C=O) groups excluding carboxylic acids is 2. The number of rotatable bonds is 6. The first-order valence-electron chi connectivity index (χ1n) is 11.3. The summed E-state index contributed by atoms with van der Waals surface area (Å²) in [7, 11) is 1.90. The highest BCUT2D eigenvalue weighted by Gasteiger charge is 2.35. The maximum absolute atomic E-state index is 12.4. The van der Waals surface area contributed by atoms with Crippen LogP contribution in [-0.4, -0.2) is 36.5 Å². The molecule has 0 spiro atoms. The van der Waals surface area contributed by atoms with Gasteiger partial charge in [0.05, 0.1) is 17.3 Å². The van der Waals surface area contributed by atoms with Crippen molar-refractivity contribution in [3.63, 3.8) is 0 Å². The third-order valence-corrected chi connectivity index (χ3v) is 6.62. The summed E-state index contributed by atoms with van der Waals surface area (Å²) in [5.74, 6) is -0.0765. The first-order chi connectivity index (χ1) is 16.8. The lowest BCUT2D eigenvalue weighted by atomic mass is 10.0. The molecule has 4 heterocycles. The second kappa shape index (κ2) is 9.11. The Balaban J connectivity index is 1.48. The van der Waals surface area contributed by atoms with Gasteiger partial charge in [0.2, 0.25) is 11.8 Å². The molecule has 2 amide bonds. The summed E-state index contributed by atoms with van der Waals surface area (Å²) < 4.78 is 8.06. The Morgan fingerprint density at radius 1 is 1.20 bits per heavy atom. The number of imide groups is 1. The Labute approximate surface area is 207 Å². The van der Waals surface area contributed by atoms with Crippen LogP contribution in [0.1, 0.15) is 30.2 Å². The maximum Gasteiger partial charge on any atom is 0.232 e. The second-order valence-corrected chi connectivity index (χ2v) is 9.18. The number of hydrogen-bond acceptors (Lipinski definition) is 6. The van der Waals surface area contributed by atoms with Gasteiger partial charge in [-0.15, -0.1) is 0 Å². The number of benzene rings is 1. The largest absolute Gasteiger partial charge is 0.487 e. The van der Waals surface area contributed by atoms with E-state index in [9.17, 15) is 9.59 Å². The molecule has 0 saturated carbocycles. The van der Waals surface area contributed by atoms with E-state index in [1.54, 1.807) is 19.3 Å². The van der Waals surface area contributed by atoms with Gasteiger partial charge in [-0.25, -0.2) is 4.98 Å². The fourth-order valence-corrected chi connectivity index (χ4v) is 4.68. The molecule has 8 nitrogen and oxygen atoms in total. The van der Waals surface area contributed by atoms with Crippen LogP contribution in [0.4, 0.5) is 0 Å². The first kappa shape index (κ1) is 23.0. The van der Waals surface area contributed by atoms with Crippen LogP contribution >= 0.6 is 11.6 Å². The van der Waals surface area contributed by atoms with Gasteiger partial charge in [0.25, 0.3) is 0 Å². The molecule has 1 aliphatic heterocycles. The number of nitrogens with zero attached hydrogens (tertiary/aromatic N) is 5. The maximum atomic E-state index is 12.4. The summed E-state index contributed by atoms with van der Waals surface area (Å²) in [6.45, 7) is 3.96. The van der Waals surface area contributed by atoms with Crippen LogP contribution in [0.2, 0.25) is 5.02 Å². The Kier molecular flexibility index (Phi) is 5.98. The van der Waals surface area contributed by atoms with E-state index in [0.29, 0.717) is 21.9 Å². The molecule has 3 aromatic heterocycles. The van der Waals surface area contributed by atoms with Gasteiger partial charge in [0.1, 0.15) is 17.9 Å². The molecule has 5 rings (SSSR count). The lowest BCUT2D eigenvalue weighted by Crippen LogP contribution is -2.30. The lowest BCUT2D eigenvalue weighted by molar-refractivity contribution is -0.139. The van der Waals surface area contributed by atoms with Gasteiger partial charge >= 0.3 is 0 Å². The summed E-state index contributed by atoms with van der Waals surface area (Å²) in [5.41, 5.74) is 4.93. The Bertz CT molecular complexity index is 1460. The normalized spacial score (nSPS) is 15.9. The molecule has 4 aromatic rings. The van der Waals surface area contributed by atoms with E-state index >= 15 is 0 Å². The molecule has 0 N–H and O–H groups in total. The summed E-state index contributed by atoms with van der Waals surface area (Å²) >= 11 is 6.48. The summed E-state index contributed by atoms with van der Waals surface area (Å²) in [6, 6.07) is 9.80. The predicted molar refractivity (Wildman–Crippen MR) is 132 cm³/mol. The van der Waals surface area contributed by atoms with Gasteiger partial charge in [-0.1, -0.05) is 30.7 Å². The number of pyridine rings is 2. The van der Waals surface area contributed by atoms with Crippen molar-refractivity contribution in [2.45, 2.75) is 33.4 Å². The van der Waals surface area contributed by atoms with Crippen LogP contribution in [0.25, 0.3) is 22.2 Å². The molecular weight excluding hydrogens is 466 g/mol. The second-order valence-electron chi connectivity index (χ2n) is 8.77. The van der Waals surface area contributed by atoms with E-state index in [0.717, 1.165) is 27.9 Å². The molecular formula is C26H24ClN5O3. The average molecular weight is 490 g/mol. The highest BCUT2D eigenvalue weighted by atomic mass is 35.5. The van der Waals surface area contributed by atoms with E-state index in [2.05, 4.69) is 10.1 Å². The molecule has 0 radical (unpaired) electrons. The van der Waals surface area contributed by atoms with Crippen molar-refractivity contribution in [2.75, 3.05) is 0 Å². The van der Waals surface area contributed by atoms with E-state index in [1.165, 1.54) is 11.1 Å². The molecule has 1 fully saturated rings. The van der Waals surface area contributed by atoms with Crippen molar-refractivity contribution in [1.29, 1.82) is 0 Å². The zero-order chi connectivity index (χ0) is 24.7. The molecule has 1 saturated heterocycles. The predicted octanol–water partition coefficient (Wildman–Crippen LogP) is 4.47. The minimum absolute atomic E-state index is 0.117. The van der Waals surface area contributed by atoms with Crippen LogP contribution in [0, 0.1) is 12.8 Å². The number of amides is 2. The van der Waals surface area contributed by atoms with Crippen molar-refractivity contribution in [3.8, 4) is 17.0 Å². The summed E-state index contributed by atoms with van der Waals surface area (Å²) in [6.07, 6.45) is 5.14. The van der Waals surface area contributed by atoms with Gasteiger partial charge in [-0.2, -0.15) is 5.10 Å². The van der Waals surface area contributed by atoms with Gasteiger partial charge in [0.15, 0.2) is 0 Å². The molecule has 0 aliphatic carbocycles. The van der Waals surface area contributed by atoms with Gasteiger partial charge < -0.3 is 4.74 Å². The number of hydrogen-bond donors (Lipinski definition) is 0. The highest BCUT2D eigenvalue weighted by Crippen LogP contribution is 2.34. The van der Waals surface area contributed by atoms with Crippen molar-refractivity contribution in [1.82, 2.24) is 24.6 Å². The fourth-order valence-electron chi connectivity index (χ4n) is 4.45. The Morgan fingerprint density at radius 2 is 2.03 bits per heavy atom. The molecule has 0 unspecified atom stereocenters. The SMILES string of the molecule is Cc1cc(-c2ccnn2C)c2cccc(OCc3c(Cl)cncc3CN3C(=O)C[C@@H](C)C3=O)c2n1. The number of carbonyl (C=O) groups is 2. The molecule has 1 aliphatic rings. The number of ether oxygens (including phenoxy) is 1. The van der Waals surface area contributed by atoms with E-state index in [-0.39, 0.29) is 37.3 Å². The lowest BCUT2D eigenvalue weighted by Gasteiger charge is -2.18. The van der Waals surface area contributed by atoms with Crippen molar-refractivity contribution in [2.24, 2.45) is 13.0 Å². The van der Waals surface area contributed by atoms with Crippen LogP contribution in [0.3, 0.4) is 0 Å². The van der Waals surface area contributed by atoms with Crippen molar-refractivity contribution < 1.29 is 14.3 Å². The Morgan fingerprint density at radius 3 is 2.74 bits per heavy atom. The molecule has 9 heteroatoms. The molecule has 0 bridgehead atoms. The standard InChI is InChI=1S/C26H24ClN5O3/c1-15-9-24(33)32(26(15)34)13-17-11-28-12-21(27)20(17)14-35-23-6-4-5-18-19(10-16(2)30-25(18)23)22-7-8-29-31(22)3/h4-8,10-12,15H,9,13-14H2,1-3H3/t15-/m1/s1. The zero-order valence-corrected chi connectivity index (χ0v) is 20.4. The minimum Gasteiger partial charge on any atom is -0.487 e. The van der Waals surface area contributed by atoms with Gasteiger partial charge in [0, 0.05) is 60.2 Å². The third kappa shape index (κ3) is 4.25. The molecule has 35 heavy (non-hydrogen) atoms. The van der Waals surface area contributed by atoms with Crippen LogP contribution in [0.5, 0.6) is 5.75 Å². The smallest absolute Gasteiger partial charge is 0.232 e. The number of aryl methyl sites for hydroxylation is 2. The average Bonchev–Trinajstić information content (AvgIpc) is 3.35. The summed E-state index contributed by atoms with van der Waals surface area (Å²) in [5, 5.41) is 5.65. The Hall–Kier alpha value is -3.78. The number of halogens is 1. The van der Waals surface area contributed by atoms with Crippen molar-refractivity contribution in [3.05, 3.63) is 70.8 Å². The number of para-hydroxylation sites is 1. The van der Waals surface area contributed by atoms with Crippen LogP contribution < -0.4 is 4.74 Å². The van der Waals surface area contributed by atoms with E-state index < -0.39 is 0 Å². The van der Waals surface area contributed by atoms with Crippen LogP contribution in [0.15, 0.2) is 48.9 Å². The van der Waals surface area contributed by atoms with Crippen molar-refractivity contribution >= 4 is 34.3 Å². The monoisotopic (exact) mass is 489 g/mol. The fraction of sp³-hybridized carbons (Fsp3) is 0.269. The number of fused-ring (bicyclic) bond motifs is 1. The first-order valence-corrected chi connectivity index (χ1v) is 11.7. The van der Waals surface area contributed by atoms with E-state index in [1.807, 2.05) is 49.0 Å². The minimum atomic E-state index is -0.312. The molecule has 178 valence electrons. The highest BCUT2D eigenvalue weighted by molar-refractivity contribution is 6.31.